The van der Waals surface area contributed by atoms with Gasteiger partial charge in [0.25, 0.3) is 5.91 Å². The number of rotatable bonds is 16. The maximum Gasteiger partial charge on any atom is 0.358 e. The van der Waals surface area contributed by atoms with E-state index in [0.29, 0.717) is 102 Å². The number of imide groups is 1. The van der Waals surface area contributed by atoms with E-state index in [9.17, 15) is 33.2 Å². The number of piperazine rings is 1. The molecule has 20 heteroatoms. The zero-order valence-electron chi connectivity index (χ0n) is 43.1. The Labute approximate surface area is 436 Å². The molecule has 7 aromatic rings. The number of benzene rings is 4. The molecule has 1 atom stereocenters. The number of hydrogen-bond donors (Lipinski definition) is 1. The lowest BCUT2D eigenvalue weighted by atomic mass is 9.98. The molecule has 2 aliphatic heterocycles. The Morgan fingerprint density at radius 1 is 0.867 bits per heavy atom. The summed E-state index contributed by atoms with van der Waals surface area (Å²) in [6, 6.07) is 17.9. The molecule has 2 aliphatic rings. The van der Waals surface area contributed by atoms with Crippen molar-refractivity contribution in [2.24, 2.45) is 19.5 Å². The summed E-state index contributed by atoms with van der Waals surface area (Å²) in [5.74, 6) is -1.71. The highest BCUT2D eigenvalue weighted by Gasteiger charge is 2.33. The Kier molecular flexibility index (Phi) is 14.9. The van der Waals surface area contributed by atoms with E-state index < -0.39 is 41.8 Å². The summed E-state index contributed by atoms with van der Waals surface area (Å²) in [4.78, 5) is 82.7. The minimum absolute atomic E-state index is 0.124. The average molecular weight is 1050 g/mol. The van der Waals surface area contributed by atoms with Crippen LogP contribution in [0.4, 0.5) is 4.39 Å². The van der Waals surface area contributed by atoms with Crippen molar-refractivity contribution in [1.82, 2.24) is 38.6 Å². The van der Waals surface area contributed by atoms with Crippen LogP contribution in [0.5, 0.6) is 11.5 Å². The smallest absolute Gasteiger partial charge is 0.358 e. The third-order valence-electron chi connectivity index (χ3n) is 14.2. The lowest BCUT2D eigenvalue weighted by Crippen LogP contribution is -2.50. The molecule has 394 valence electrons. The SMILES string of the molecule is Cc1nn(C)c(C)c1-c1c(Cl)ccc2c(CCCOc3cccc4cc(F)ccc34)c(C(=O)OCOC(=O)C(C)(C)C)n(CCN3CCN(C(=O)COc4ccc5c(c4)n(C)c(=O)n5C4CCC(=O)NC4=O)CC3)c12. The number of imidazole rings is 1. The van der Waals surface area contributed by atoms with Crippen molar-refractivity contribution in [3.63, 3.8) is 0 Å². The van der Waals surface area contributed by atoms with E-state index in [4.69, 9.17) is 35.6 Å². The Bertz CT molecular complexity index is 3470. The molecular formula is C55H60ClFN8O10. The predicted molar refractivity (Wildman–Crippen MR) is 279 cm³/mol. The first-order valence-corrected chi connectivity index (χ1v) is 25.4. The fourth-order valence-electron chi connectivity index (χ4n) is 10.1. The third-order valence-corrected chi connectivity index (χ3v) is 14.5. The van der Waals surface area contributed by atoms with E-state index >= 15 is 0 Å². The molecule has 2 fully saturated rings. The fourth-order valence-corrected chi connectivity index (χ4v) is 10.4. The molecule has 9 rings (SSSR count). The number of fused-ring (bicyclic) bond motifs is 3. The first-order valence-electron chi connectivity index (χ1n) is 25.0. The second-order valence-electron chi connectivity index (χ2n) is 20.1. The van der Waals surface area contributed by atoms with Crippen LogP contribution in [0, 0.1) is 25.1 Å². The molecule has 75 heavy (non-hydrogen) atoms. The van der Waals surface area contributed by atoms with Gasteiger partial charge in [-0.15, -0.1) is 0 Å². The van der Waals surface area contributed by atoms with Gasteiger partial charge in [0.2, 0.25) is 18.6 Å². The molecule has 3 amide bonds. The molecule has 4 aromatic carbocycles. The van der Waals surface area contributed by atoms with Crippen LogP contribution in [-0.2, 0) is 55.7 Å². The number of esters is 2. The van der Waals surface area contributed by atoms with Crippen molar-refractivity contribution in [3.8, 4) is 22.6 Å². The van der Waals surface area contributed by atoms with Crippen LogP contribution >= 0.6 is 11.6 Å². The Balaban J connectivity index is 0.950. The first-order chi connectivity index (χ1) is 35.8. The summed E-state index contributed by atoms with van der Waals surface area (Å²) < 4.78 is 44.1. The van der Waals surface area contributed by atoms with Crippen molar-refractivity contribution in [2.75, 3.05) is 52.7 Å². The van der Waals surface area contributed by atoms with Crippen molar-refractivity contribution < 1.29 is 47.3 Å². The second kappa shape index (κ2) is 21.4. The van der Waals surface area contributed by atoms with Crippen LogP contribution in [0.3, 0.4) is 0 Å². The van der Waals surface area contributed by atoms with Gasteiger partial charge in [0.15, 0.2) is 6.61 Å². The van der Waals surface area contributed by atoms with E-state index in [0.717, 1.165) is 27.7 Å². The molecule has 0 aliphatic carbocycles. The lowest BCUT2D eigenvalue weighted by Gasteiger charge is -2.35. The highest BCUT2D eigenvalue weighted by atomic mass is 35.5. The topological polar surface area (TPSA) is 190 Å². The summed E-state index contributed by atoms with van der Waals surface area (Å²) in [7, 11) is 3.46. The number of piperidine rings is 1. The zero-order chi connectivity index (χ0) is 53.5. The van der Waals surface area contributed by atoms with Gasteiger partial charge in [-0.05, 0) is 107 Å². The minimum Gasteiger partial charge on any atom is -0.493 e. The van der Waals surface area contributed by atoms with Gasteiger partial charge in [0.05, 0.1) is 39.3 Å². The Morgan fingerprint density at radius 2 is 1.63 bits per heavy atom. The molecule has 1 N–H and O–H groups in total. The minimum atomic E-state index is -0.829. The highest BCUT2D eigenvalue weighted by molar-refractivity contribution is 6.35. The average Bonchev–Trinajstić information content (AvgIpc) is 3.92. The zero-order valence-corrected chi connectivity index (χ0v) is 43.8. The molecule has 3 aromatic heterocycles. The number of halogens is 2. The summed E-state index contributed by atoms with van der Waals surface area (Å²) in [6.07, 6.45) is 1.19. The number of ether oxygens (including phenoxy) is 4. The summed E-state index contributed by atoms with van der Waals surface area (Å²) in [6.45, 7) is 11.1. The van der Waals surface area contributed by atoms with Crippen LogP contribution in [0.15, 0.2) is 71.5 Å². The monoisotopic (exact) mass is 1050 g/mol. The lowest BCUT2D eigenvalue weighted by molar-refractivity contribution is -0.161. The molecule has 18 nitrogen and oxygen atoms in total. The molecule has 0 saturated carbocycles. The standard InChI is InChI=1S/C55H60ClFN8O10/c1-32-47(33(2)61(7)59-32)48-40(56)17-16-39-38(11-9-27-72-44-12-8-10-34-28-35(57)13-15-37(34)44)50(52(69)74-31-75-53(70)55(3,4)5)64(49(39)48)26-23-62-21-24-63(25-22-62)46(67)30-73-36-14-18-41-43(29-36)60(6)54(71)65(41)42-19-20-45(66)58-51(42)68/h8,10,12-18,28-29,42H,9,11,19-27,30-31H2,1-7H3,(H,58,66,68). The van der Waals surface area contributed by atoms with Crippen molar-refractivity contribution in [1.29, 1.82) is 0 Å². The van der Waals surface area contributed by atoms with Gasteiger partial charge in [0.1, 0.15) is 29.1 Å². The van der Waals surface area contributed by atoms with Crippen LogP contribution in [0.25, 0.3) is 43.8 Å². The predicted octanol–water partition coefficient (Wildman–Crippen LogP) is 7.17. The molecule has 0 radical (unpaired) electrons. The van der Waals surface area contributed by atoms with Gasteiger partial charge in [-0.3, -0.25) is 43.2 Å². The molecular weight excluding hydrogens is 987 g/mol. The van der Waals surface area contributed by atoms with Crippen molar-refractivity contribution >= 4 is 74.0 Å². The van der Waals surface area contributed by atoms with E-state index in [1.807, 2.05) is 55.8 Å². The van der Waals surface area contributed by atoms with Gasteiger partial charge in [0, 0.05) is 93.4 Å². The Morgan fingerprint density at radius 3 is 2.35 bits per heavy atom. The maximum atomic E-state index is 14.6. The largest absolute Gasteiger partial charge is 0.493 e. The number of carbonyl (C=O) groups excluding carboxylic acids is 5. The van der Waals surface area contributed by atoms with Crippen LogP contribution < -0.4 is 20.5 Å². The molecule has 0 spiro atoms. The van der Waals surface area contributed by atoms with E-state index in [-0.39, 0.29) is 49.4 Å². The van der Waals surface area contributed by atoms with Gasteiger partial charge in [-0.1, -0.05) is 29.8 Å². The second-order valence-corrected chi connectivity index (χ2v) is 20.5. The molecule has 2 saturated heterocycles. The maximum absolute atomic E-state index is 14.6. The molecule has 1 unspecified atom stereocenters. The van der Waals surface area contributed by atoms with Crippen LogP contribution in [0.2, 0.25) is 5.02 Å². The molecule has 0 bridgehead atoms. The Hall–Kier alpha value is -7.51. The van der Waals surface area contributed by atoms with Crippen molar-refractivity contribution in [3.05, 3.63) is 111 Å². The number of hydrogen-bond acceptors (Lipinski definition) is 12. The number of amides is 3. The normalized spacial score (nSPS) is 15.5. The molecule has 5 heterocycles. The van der Waals surface area contributed by atoms with Gasteiger partial charge in [-0.25, -0.2) is 14.0 Å². The fraction of sp³-hybridized carbons (Fsp3) is 0.400. The van der Waals surface area contributed by atoms with Crippen LogP contribution in [0.1, 0.15) is 73.5 Å². The number of nitrogens with one attached hydrogen (secondary N) is 1. The number of aromatic nitrogens is 5. The van der Waals surface area contributed by atoms with Crippen molar-refractivity contribution in [2.45, 2.75) is 72.9 Å². The quantitative estimate of drug-likeness (QED) is 0.0445. The van der Waals surface area contributed by atoms with Gasteiger partial charge in [-0.2, -0.15) is 5.10 Å². The van der Waals surface area contributed by atoms with Crippen LogP contribution in [-0.4, -0.2) is 116 Å². The summed E-state index contributed by atoms with van der Waals surface area (Å²) in [5.41, 5.74) is 4.62. The first kappa shape index (κ1) is 52.4. The number of aryl methyl sites for hydroxylation is 4. The van der Waals surface area contributed by atoms with Gasteiger partial charge < -0.3 is 28.4 Å². The number of nitrogens with zero attached hydrogens (tertiary/aromatic N) is 7. The highest BCUT2D eigenvalue weighted by Crippen LogP contribution is 2.42. The third kappa shape index (κ3) is 10.6. The summed E-state index contributed by atoms with van der Waals surface area (Å²) >= 11 is 7.19. The van der Waals surface area contributed by atoms with Gasteiger partial charge >= 0.3 is 17.6 Å². The number of carbonyl (C=O) groups is 5. The van der Waals surface area contributed by atoms with E-state index in [2.05, 4.69) is 10.2 Å². The van der Waals surface area contributed by atoms with E-state index in [1.165, 1.54) is 21.3 Å². The van der Waals surface area contributed by atoms with E-state index in [1.54, 1.807) is 61.7 Å². The summed E-state index contributed by atoms with van der Waals surface area (Å²) in [5, 5.41) is 9.76.